The molecule has 0 fully saturated rings. The summed E-state index contributed by atoms with van der Waals surface area (Å²) in [4.78, 5) is 10.6. The average molecular weight is 266 g/mol. The maximum absolute atomic E-state index is 12.6. The summed E-state index contributed by atoms with van der Waals surface area (Å²) in [5.74, 6) is -0.707. The van der Waals surface area contributed by atoms with E-state index in [1.165, 1.54) is 18.2 Å². The fourth-order valence-electron chi connectivity index (χ4n) is 0.995. The van der Waals surface area contributed by atoms with Crippen LogP contribution in [0.2, 0.25) is 5.02 Å². The van der Waals surface area contributed by atoms with Crippen LogP contribution in [0.1, 0.15) is 11.5 Å². The van der Waals surface area contributed by atoms with E-state index in [0.29, 0.717) is 10.9 Å². The Morgan fingerprint density at radius 1 is 1.62 bits per heavy atom. The Balaban J connectivity index is 3.06. The van der Waals surface area contributed by atoms with Gasteiger partial charge in [0.15, 0.2) is 0 Å². The van der Waals surface area contributed by atoms with Crippen molar-refractivity contribution in [2.75, 3.05) is 5.33 Å². The molecule has 1 aromatic rings. The Hall–Kier alpha value is -0.410. The Labute approximate surface area is 89.0 Å². The van der Waals surface area contributed by atoms with Gasteiger partial charge in [-0.1, -0.05) is 33.6 Å². The van der Waals surface area contributed by atoms with Crippen LogP contribution in [-0.4, -0.2) is 11.6 Å². The van der Waals surface area contributed by atoms with Crippen molar-refractivity contribution in [3.05, 3.63) is 34.6 Å². The number of aldehydes is 1. The molecular formula is C9H7BrClFO. The lowest BCUT2D eigenvalue weighted by molar-refractivity contribution is -0.108. The Bertz CT molecular complexity index is 316. The van der Waals surface area contributed by atoms with Crippen LogP contribution < -0.4 is 0 Å². The number of hydrogen-bond donors (Lipinski definition) is 0. The van der Waals surface area contributed by atoms with Crippen LogP contribution in [0.25, 0.3) is 0 Å². The van der Waals surface area contributed by atoms with Gasteiger partial charge in [0.1, 0.15) is 12.1 Å². The van der Waals surface area contributed by atoms with Gasteiger partial charge in [0.2, 0.25) is 0 Å². The molecule has 0 heterocycles. The molecule has 4 heteroatoms. The van der Waals surface area contributed by atoms with E-state index >= 15 is 0 Å². The predicted octanol–water partition coefficient (Wildman–Crippen LogP) is 3.16. The molecule has 70 valence electrons. The van der Waals surface area contributed by atoms with Crippen molar-refractivity contribution in [3.63, 3.8) is 0 Å². The molecule has 0 amide bonds. The monoisotopic (exact) mass is 264 g/mol. The van der Waals surface area contributed by atoms with E-state index in [1.54, 1.807) is 0 Å². The minimum absolute atomic E-state index is 0.288. The standard InChI is InChI=1S/C9H7BrClFO/c10-4-6(5-13)8-2-1-7(12)3-9(8)11/h1-3,5-6H,4H2. The summed E-state index contributed by atoms with van der Waals surface area (Å²) in [5, 5.41) is 0.776. The summed E-state index contributed by atoms with van der Waals surface area (Å²) in [6.07, 6.45) is 0.786. The van der Waals surface area contributed by atoms with Gasteiger partial charge in [0.25, 0.3) is 0 Å². The van der Waals surface area contributed by atoms with Crippen molar-refractivity contribution >= 4 is 33.8 Å². The zero-order valence-electron chi connectivity index (χ0n) is 6.64. The minimum atomic E-state index is -0.395. The molecule has 0 bridgehead atoms. The van der Waals surface area contributed by atoms with Crippen LogP contribution >= 0.6 is 27.5 Å². The van der Waals surface area contributed by atoms with Gasteiger partial charge in [-0.05, 0) is 17.7 Å². The molecule has 0 radical (unpaired) electrons. The van der Waals surface area contributed by atoms with Gasteiger partial charge < -0.3 is 4.79 Å². The van der Waals surface area contributed by atoms with E-state index < -0.39 is 5.82 Å². The van der Waals surface area contributed by atoms with Gasteiger partial charge in [0.05, 0.1) is 5.92 Å². The van der Waals surface area contributed by atoms with E-state index in [9.17, 15) is 9.18 Å². The fraction of sp³-hybridized carbons (Fsp3) is 0.222. The molecule has 0 aliphatic carbocycles. The van der Waals surface area contributed by atoms with Gasteiger partial charge >= 0.3 is 0 Å². The highest BCUT2D eigenvalue weighted by molar-refractivity contribution is 9.09. The number of benzene rings is 1. The first-order valence-corrected chi connectivity index (χ1v) is 5.15. The van der Waals surface area contributed by atoms with Crippen LogP contribution in [0.5, 0.6) is 0 Å². The number of rotatable bonds is 3. The minimum Gasteiger partial charge on any atom is -0.303 e. The van der Waals surface area contributed by atoms with Crippen molar-refractivity contribution in [2.24, 2.45) is 0 Å². The average Bonchev–Trinajstić information content (AvgIpc) is 2.10. The topological polar surface area (TPSA) is 17.1 Å². The molecule has 1 rings (SSSR count). The molecule has 0 saturated carbocycles. The predicted molar refractivity (Wildman–Crippen MR) is 54.0 cm³/mol. The summed E-state index contributed by atoms with van der Waals surface area (Å²) in [7, 11) is 0. The summed E-state index contributed by atoms with van der Waals surface area (Å²) >= 11 is 8.94. The maximum Gasteiger partial charge on any atom is 0.128 e. The van der Waals surface area contributed by atoms with Crippen molar-refractivity contribution in [3.8, 4) is 0 Å². The fourth-order valence-corrected chi connectivity index (χ4v) is 1.80. The second-order valence-electron chi connectivity index (χ2n) is 2.56. The Morgan fingerprint density at radius 3 is 2.77 bits per heavy atom. The van der Waals surface area contributed by atoms with Crippen LogP contribution in [0.15, 0.2) is 18.2 Å². The SMILES string of the molecule is O=CC(CBr)c1ccc(F)cc1Cl. The number of alkyl halides is 1. The van der Waals surface area contributed by atoms with E-state index in [0.717, 1.165) is 6.29 Å². The summed E-state index contributed by atoms with van der Waals surface area (Å²) in [6, 6.07) is 4.02. The second kappa shape index (κ2) is 4.72. The Kier molecular flexibility index (Phi) is 3.88. The van der Waals surface area contributed by atoms with Crippen LogP contribution in [-0.2, 0) is 4.79 Å². The lowest BCUT2D eigenvalue weighted by Crippen LogP contribution is -2.02. The van der Waals surface area contributed by atoms with Crippen molar-refractivity contribution in [1.29, 1.82) is 0 Å². The molecule has 0 aliphatic heterocycles. The molecule has 0 aliphatic rings. The molecule has 1 nitrogen and oxygen atoms in total. The van der Waals surface area contributed by atoms with Gasteiger partial charge in [-0.3, -0.25) is 0 Å². The quantitative estimate of drug-likeness (QED) is 0.606. The third-order valence-corrected chi connectivity index (χ3v) is 2.72. The summed E-state index contributed by atoms with van der Waals surface area (Å²) in [5.41, 5.74) is 0.648. The highest BCUT2D eigenvalue weighted by Gasteiger charge is 2.12. The number of hydrogen-bond acceptors (Lipinski definition) is 1. The molecule has 0 N–H and O–H groups in total. The third kappa shape index (κ3) is 2.51. The lowest BCUT2D eigenvalue weighted by Gasteiger charge is -2.08. The second-order valence-corrected chi connectivity index (χ2v) is 3.62. The highest BCUT2D eigenvalue weighted by Crippen LogP contribution is 2.25. The van der Waals surface area contributed by atoms with Crippen molar-refractivity contribution < 1.29 is 9.18 Å². The van der Waals surface area contributed by atoms with E-state index in [4.69, 9.17) is 11.6 Å². The van der Waals surface area contributed by atoms with E-state index in [1.807, 2.05) is 0 Å². The number of carbonyl (C=O) groups is 1. The first-order chi connectivity index (χ1) is 6.19. The van der Waals surface area contributed by atoms with E-state index in [2.05, 4.69) is 15.9 Å². The third-order valence-electron chi connectivity index (χ3n) is 1.69. The van der Waals surface area contributed by atoms with Crippen LogP contribution in [0.4, 0.5) is 4.39 Å². The molecule has 0 aromatic heterocycles. The van der Waals surface area contributed by atoms with Gasteiger partial charge in [-0.2, -0.15) is 0 Å². The van der Waals surface area contributed by atoms with Crippen LogP contribution in [0.3, 0.4) is 0 Å². The first-order valence-electron chi connectivity index (χ1n) is 3.65. The highest BCUT2D eigenvalue weighted by atomic mass is 79.9. The summed E-state index contributed by atoms with van der Waals surface area (Å²) < 4.78 is 12.6. The smallest absolute Gasteiger partial charge is 0.128 e. The lowest BCUT2D eigenvalue weighted by atomic mass is 10.0. The molecule has 1 aromatic carbocycles. The zero-order valence-corrected chi connectivity index (χ0v) is 8.98. The largest absolute Gasteiger partial charge is 0.303 e. The number of carbonyl (C=O) groups excluding carboxylic acids is 1. The zero-order chi connectivity index (χ0) is 9.84. The molecule has 0 saturated heterocycles. The molecule has 0 spiro atoms. The number of halogens is 3. The van der Waals surface area contributed by atoms with E-state index in [-0.39, 0.29) is 10.9 Å². The van der Waals surface area contributed by atoms with Crippen molar-refractivity contribution in [2.45, 2.75) is 5.92 Å². The van der Waals surface area contributed by atoms with Crippen molar-refractivity contribution in [1.82, 2.24) is 0 Å². The van der Waals surface area contributed by atoms with Gasteiger partial charge in [0, 0.05) is 10.4 Å². The molecular weight excluding hydrogens is 258 g/mol. The molecule has 13 heavy (non-hydrogen) atoms. The Morgan fingerprint density at radius 2 is 2.31 bits per heavy atom. The maximum atomic E-state index is 12.6. The van der Waals surface area contributed by atoms with Gasteiger partial charge in [-0.15, -0.1) is 0 Å². The van der Waals surface area contributed by atoms with Crippen LogP contribution in [0, 0.1) is 5.82 Å². The van der Waals surface area contributed by atoms with Gasteiger partial charge in [-0.25, -0.2) is 4.39 Å². The first kappa shape index (κ1) is 10.7. The summed E-state index contributed by atoms with van der Waals surface area (Å²) in [6.45, 7) is 0. The normalized spacial score (nSPS) is 12.5. The molecule has 1 unspecified atom stereocenters. The molecule has 1 atom stereocenters.